The molecule has 3 aromatic carbocycles. The van der Waals surface area contributed by atoms with E-state index in [1.807, 2.05) is 12.1 Å². The van der Waals surface area contributed by atoms with Crippen molar-refractivity contribution in [3.05, 3.63) is 120 Å². The number of carbonyl (C=O) groups is 2. The van der Waals surface area contributed by atoms with E-state index < -0.39 is 16.8 Å². The van der Waals surface area contributed by atoms with Gasteiger partial charge in [-0.05, 0) is 42.3 Å². The number of fused-ring (bicyclic) bond motifs is 2. The van der Waals surface area contributed by atoms with Crippen molar-refractivity contribution < 1.29 is 24.0 Å². The molecule has 0 bridgehead atoms. The number of rotatable bonds is 6. The zero-order chi connectivity index (χ0) is 27.1. The summed E-state index contributed by atoms with van der Waals surface area (Å²) >= 11 is 13.2. The molecule has 0 radical (unpaired) electrons. The minimum atomic E-state index is -0.780. The number of nitro benzene ring substituents is 1. The van der Waals surface area contributed by atoms with Crippen molar-refractivity contribution in [3.8, 4) is 5.75 Å². The first-order valence-corrected chi connectivity index (χ1v) is 12.3. The smallest absolute Gasteiger partial charge is 0.336 e. The van der Waals surface area contributed by atoms with Crippen LogP contribution in [0.3, 0.4) is 0 Å². The standard InChI is InChI=1S/C28H20Cl2N2O6/c1-14-22(28(34)37-2)23(24-25(31-14)18-5-3-4-6-19(18)26(24)33)16-11-20(29)27(21(30)12-16)38-13-15-7-9-17(10-8-15)32(35)36/h3-12,23,31H,13H2,1-2H3/t23-/m0/s1. The van der Waals surface area contributed by atoms with Crippen LogP contribution in [0, 0.1) is 10.1 Å². The highest BCUT2D eigenvalue weighted by Crippen LogP contribution is 2.48. The molecule has 0 spiro atoms. The van der Waals surface area contributed by atoms with E-state index in [4.69, 9.17) is 32.7 Å². The third-order valence-corrected chi connectivity index (χ3v) is 7.10. The Bertz CT molecular complexity index is 1550. The van der Waals surface area contributed by atoms with E-state index in [9.17, 15) is 19.7 Å². The molecule has 0 saturated heterocycles. The van der Waals surface area contributed by atoms with Crippen LogP contribution in [0.5, 0.6) is 5.75 Å². The van der Waals surface area contributed by atoms with Gasteiger partial charge in [-0.1, -0.05) is 47.5 Å². The lowest BCUT2D eigenvalue weighted by Crippen LogP contribution is -2.29. The molecule has 192 valence electrons. The lowest BCUT2D eigenvalue weighted by molar-refractivity contribution is -0.384. The molecule has 1 atom stereocenters. The van der Waals surface area contributed by atoms with Crippen LogP contribution in [0.4, 0.5) is 5.69 Å². The lowest BCUT2D eigenvalue weighted by atomic mass is 9.80. The van der Waals surface area contributed by atoms with Gasteiger partial charge in [-0.25, -0.2) is 4.79 Å². The molecule has 1 aliphatic heterocycles. The average Bonchev–Trinajstić information content (AvgIpc) is 3.18. The second-order valence-electron chi connectivity index (χ2n) is 8.78. The normalized spacial score (nSPS) is 16.1. The molecular formula is C28H20Cl2N2O6. The molecule has 1 heterocycles. The summed E-state index contributed by atoms with van der Waals surface area (Å²) in [6.07, 6.45) is 0. The minimum Gasteiger partial charge on any atom is -0.486 e. The Balaban J connectivity index is 1.53. The number of halogens is 2. The van der Waals surface area contributed by atoms with Gasteiger partial charge in [0.25, 0.3) is 5.69 Å². The van der Waals surface area contributed by atoms with Gasteiger partial charge < -0.3 is 14.8 Å². The molecule has 10 heteroatoms. The quantitative estimate of drug-likeness (QED) is 0.220. The molecule has 3 aromatic rings. The van der Waals surface area contributed by atoms with Crippen molar-refractivity contribution in [2.75, 3.05) is 7.11 Å². The number of hydrogen-bond acceptors (Lipinski definition) is 7. The van der Waals surface area contributed by atoms with E-state index >= 15 is 0 Å². The number of nitro groups is 1. The zero-order valence-corrected chi connectivity index (χ0v) is 21.7. The Kier molecular flexibility index (Phi) is 6.69. The Morgan fingerprint density at radius 3 is 2.29 bits per heavy atom. The van der Waals surface area contributed by atoms with Crippen LogP contribution in [0.25, 0.3) is 5.70 Å². The fourth-order valence-electron chi connectivity index (χ4n) is 4.80. The number of ether oxygens (including phenoxy) is 2. The van der Waals surface area contributed by atoms with Gasteiger partial charge in [-0.3, -0.25) is 14.9 Å². The maximum Gasteiger partial charge on any atom is 0.336 e. The maximum absolute atomic E-state index is 13.5. The maximum atomic E-state index is 13.5. The fourth-order valence-corrected chi connectivity index (χ4v) is 5.41. The largest absolute Gasteiger partial charge is 0.486 e. The van der Waals surface area contributed by atoms with E-state index in [1.54, 1.807) is 43.3 Å². The number of benzene rings is 3. The van der Waals surface area contributed by atoms with Crippen molar-refractivity contribution in [2.45, 2.75) is 19.4 Å². The predicted molar refractivity (Wildman–Crippen MR) is 142 cm³/mol. The number of dihydropyridines is 1. The highest BCUT2D eigenvalue weighted by Gasteiger charge is 2.43. The molecule has 0 unspecified atom stereocenters. The molecule has 1 aliphatic carbocycles. The number of carbonyl (C=O) groups excluding carboxylic acids is 2. The number of non-ortho nitro benzene ring substituents is 1. The Hall–Kier alpha value is -4.14. The number of nitrogens with one attached hydrogen (secondary N) is 1. The molecule has 1 N–H and O–H groups in total. The predicted octanol–water partition coefficient (Wildman–Crippen LogP) is 6.22. The van der Waals surface area contributed by atoms with Gasteiger partial charge in [-0.2, -0.15) is 0 Å². The highest BCUT2D eigenvalue weighted by atomic mass is 35.5. The molecule has 38 heavy (non-hydrogen) atoms. The van der Waals surface area contributed by atoms with Crippen molar-refractivity contribution in [2.24, 2.45) is 0 Å². The van der Waals surface area contributed by atoms with E-state index in [2.05, 4.69) is 5.32 Å². The third kappa shape index (κ3) is 4.31. The van der Waals surface area contributed by atoms with E-state index in [0.29, 0.717) is 33.7 Å². The summed E-state index contributed by atoms with van der Waals surface area (Å²) in [6.45, 7) is 1.82. The fraction of sp³-hybridized carbons (Fsp3) is 0.143. The van der Waals surface area contributed by atoms with Crippen LogP contribution < -0.4 is 10.1 Å². The highest BCUT2D eigenvalue weighted by molar-refractivity contribution is 6.37. The van der Waals surface area contributed by atoms with Gasteiger partial charge in [-0.15, -0.1) is 0 Å². The van der Waals surface area contributed by atoms with Gasteiger partial charge in [0.2, 0.25) is 0 Å². The van der Waals surface area contributed by atoms with Crippen LogP contribution in [0.15, 0.2) is 77.5 Å². The average molecular weight is 551 g/mol. The second kappa shape index (κ2) is 9.96. The van der Waals surface area contributed by atoms with Gasteiger partial charge in [0, 0.05) is 40.4 Å². The van der Waals surface area contributed by atoms with Crippen molar-refractivity contribution >= 4 is 46.3 Å². The Labute approximate surface area is 227 Å². The molecule has 5 rings (SSSR count). The topological polar surface area (TPSA) is 108 Å². The first-order chi connectivity index (χ1) is 18.2. The van der Waals surface area contributed by atoms with E-state index in [1.165, 1.54) is 19.2 Å². The first-order valence-electron chi connectivity index (χ1n) is 11.5. The molecule has 8 nitrogen and oxygen atoms in total. The monoisotopic (exact) mass is 550 g/mol. The Morgan fingerprint density at radius 2 is 1.68 bits per heavy atom. The summed E-state index contributed by atoms with van der Waals surface area (Å²) in [4.78, 5) is 36.8. The lowest BCUT2D eigenvalue weighted by Gasteiger charge is -2.29. The number of nitrogens with zero attached hydrogens (tertiary/aromatic N) is 1. The molecular weight excluding hydrogens is 531 g/mol. The summed E-state index contributed by atoms with van der Waals surface area (Å²) in [5, 5.41) is 14.5. The van der Waals surface area contributed by atoms with Crippen LogP contribution in [-0.2, 0) is 16.1 Å². The van der Waals surface area contributed by atoms with Gasteiger partial charge in [0.15, 0.2) is 11.5 Å². The first kappa shape index (κ1) is 25.5. The summed E-state index contributed by atoms with van der Waals surface area (Å²) in [7, 11) is 1.28. The van der Waals surface area contributed by atoms with Crippen molar-refractivity contribution in [3.63, 3.8) is 0 Å². The van der Waals surface area contributed by atoms with Gasteiger partial charge in [0.1, 0.15) is 6.61 Å². The van der Waals surface area contributed by atoms with Crippen molar-refractivity contribution in [1.82, 2.24) is 5.32 Å². The third-order valence-electron chi connectivity index (χ3n) is 6.54. The van der Waals surface area contributed by atoms with Crippen LogP contribution in [-0.4, -0.2) is 23.8 Å². The second-order valence-corrected chi connectivity index (χ2v) is 9.59. The number of ketones is 1. The van der Waals surface area contributed by atoms with E-state index in [0.717, 1.165) is 5.56 Å². The number of allylic oxidation sites excluding steroid dienone is 2. The molecule has 0 amide bonds. The number of hydrogen-bond donors (Lipinski definition) is 1. The molecule has 0 saturated carbocycles. The minimum absolute atomic E-state index is 0.0295. The summed E-state index contributed by atoms with van der Waals surface area (Å²) in [5.74, 6) is -1.36. The molecule has 0 aromatic heterocycles. The van der Waals surface area contributed by atoms with Crippen molar-refractivity contribution in [1.29, 1.82) is 0 Å². The summed E-state index contributed by atoms with van der Waals surface area (Å²) in [6, 6.07) is 16.4. The van der Waals surface area contributed by atoms with E-state index in [-0.39, 0.29) is 39.4 Å². The Morgan fingerprint density at radius 1 is 1.05 bits per heavy atom. The molecule has 2 aliphatic rings. The van der Waals surface area contributed by atoms with Crippen LogP contribution >= 0.6 is 23.2 Å². The summed E-state index contributed by atoms with van der Waals surface area (Å²) in [5.41, 5.74) is 4.33. The molecule has 0 fully saturated rings. The van der Waals surface area contributed by atoms with Gasteiger partial charge >= 0.3 is 5.97 Å². The number of Topliss-reactive ketones (excluding diaryl/α,β-unsaturated/α-hetero) is 1. The van der Waals surface area contributed by atoms with Gasteiger partial charge in [0.05, 0.1) is 33.3 Å². The van der Waals surface area contributed by atoms with Crippen LogP contribution in [0.2, 0.25) is 10.0 Å². The van der Waals surface area contributed by atoms with Crippen LogP contribution in [0.1, 0.15) is 39.9 Å². The zero-order valence-electron chi connectivity index (χ0n) is 20.2. The number of esters is 1. The summed E-state index contributed by atoms with van der Waals surface area (Å²) < 4.78 is 10.9. The SMILES string of the molecule is COC(=O)C1=C(C)NC2=C(C(=O)c3ccccc32)[C@H]1c1cc(Cl)c(OCc2ccc([N+](=O)[O-])cc2)c(Cl)c1. The number of methoxy groups -OCH3 is 1.